The fourth-order valence-corrected chi connectivity index (χ4v) is 2.62. The number of hydrogen-bond donors (Lipinski definition) is 1. The summed E-state index contributed by atoms with van der Waals surface area (Å²) in [7, 11) is 1.64. The van der Waals surface area contributed by atoms with Crippen molar-refractivity contribution in [2.45, 2.75) is 38.7 Å². The molecule has 21 heavy (non-hydrogen) atoms. The van der Waals surface area contributed by atoms with E-state index >= 15 is 0 Å². The van der Waals surface area contributed by atoms with Crippen molar-refractivity contribution in [3.8, 4) is 0 Å². The average Bonchev–Trinajstić information content (AvgIpc) is 2.59. The molecule has 5 nitrogen and oxygen atoms in total. The summed E-state index contributed by atoms with van der Waals surface area (Å²) >= 11 is 5.14. The molecular formula is C12H19F3N4OS. The molecule has 0 atom stereocenters. The summed E-state index contributed by atoms with van der Waals surface area (Å²) in [6, 6.07) is 0. The summed E-state index contributed by atoms with van der Waals surface area (Å²) in [6.07, 6.45) is -1.21. The summed E-state index contributed by atoms with van der Waals surface area (Å²) in [6.45, 7) is -0.889. The molecule has 0 aromatic carbocycles. The van der Waals surface area contributed by atoms with Crippen LogP contribution in [0.1, 0.15) is 25.1 Å². The summed E-state index contributed by atoms with van der Waals surface area (Å²) in [4.78, 5) is 1.33. The quantitative estimate of drug-likeness (QED) is 0.814. The van der Waals surface area contributed by atoms with Gasteiger partial charge in [0.25, 0.3) is 0 Å². The Labute approximate surface area is 126 Å². The first-order chi connectivity index (χ1) is 9.80. The number of aliphatic hydroxyl groups is 1. The Balaban J connectivity index is 2.11. The van der Waals surface area contributed by atoms with Gasteiger partial charge in [-0.05, 0) is 31.0 Å². The van der Waals surface area contributed by atoms with Crippen molar-refractivity contribution in [3.63, 3.8) is 0 Å². The molecule has 0 unspecified atom stereocenters. The first-order valence-corrected chi connectivity index (χ1v) is 7.23. The third-order valence-electron chi connectivity index (χ3n) is 3.75. The Morgan fingerprint density at radius 1 is 1.43 bits per heavy atom. The van der Waals surface area contributed by atoms with Crippen LogP contribution in [0.3, 0.4) is 0 Å². The zero-order chi connectivity index (χ0) is 15.6. The number of alkyl halides is 3. The Hall–Kier alpha value is -0.930. The lowest BCUT2D eigenvalue weighted by Crippen LogP contribution is -2.40. The number of hydrogen-bond acceptors (Lipinski definition) is 4. The molecule has 1 N–H and O–H groups in total. The normalized spacial score (nSPS) is 16.5. The lowest BCUT2D eigenvalue weighted by Gasteiger charge is -2.32. The molecule has 0 saturated heterocycles. The van der Waals surface area contributed by atoms with Gasteiger partial charge in [-0.2, -0.15) is 18.3 Å². The number of rotatable bonds is 6. The fourth-order valence-electron chi connectivity index (χ4n) is 2.42. The SMILES string of the molecule is Cn1c(CO)nn(CN(CC2CCC2)CC(F)(F)F)c1=S. The van der Waals surface area contributed by atoms with Crippen LogP contribution in [0.25, 0.3) is 0 Å². The van der Waals surface area contributed by atoms with Gasteiger partial charge in [-0.1, -0.05) is 6.42 Å². The van der Waals surface area contributed by atoms with Gasteiger partial charge >= 0.3 is 6.18 Å². The van der Waals surface area contributed by atoms with Gasteiger partial charge in [-0.15, -0.1) is 0 Å². The smallest absolute Gasteiger partial charge is 0.388 e. The highest BCUT2D eigenvalue weighted by atomic mass is 32.1. The van der Waals surface area contributed by atoms with Crippen molar-refractivity contribution in [3.05, 3.63) is 10.6 Å². The van der Waals surface area contributed by atoms with Gasteiger partial charge < -0.3 is 9.67 Å². The molecule has 1 aromatic rings. The maximum atomic E-state index is 12.7. The molecule has 120 valence electrons. The largest absolute Gasteiger partial charge is 0.401 e. The monoisotopic (exact) mass is 324 g/mol. The molecule has 0 aliphatic heterocycles. The molecule has 0 bridgehead atoms. The zero-order valence-corrected chi connectivity index (χ0v) is 12.6. The molecule has 1 aromatic heterocycles. The molecule has 0 amide bonds. The molecule has 9 heteroatoms. The molecule has 1 heterocycles. The van der Waals surface area contributed by atoms with Crippen LogP contribution in [0.2, 0.25) is 0 Å². The van der Waals surface area contributed by atoms with Crippen molar-refractivity contribution < 1.29 is 18.3 Å². The molecule has 0 radical (unpaired) electrons. The third kappa shape index (κ3) is 4.27. The van der Waals surface area contributed by atoms with E-state index in [0.29, 0.717) is 23.1 Å². The van der Waals surface area contributed by atoms with Crippen LogP contribution in [0.4, 0.5) is 13.2 Å². The van der Waals surface area contributed by atoms with E-state index in [2.05, 4.69) is 5.10 Å². The molecule has 1 saturated carbocycles. The van der Waals surface area contributed by atoms with Crippen molar-refractivity contribution in [1.82, 2.24) is 19.2 Å². The number of aliphatic hydroxyl groups excluding tert-OH is 1. The Bertz CT molecular complexity index is 536. The molecule has 0 spiro atoms. The second-order valence-corrected chi connectivity index (χ2v) is 5.85. The third-order valence-corrected chi connectivity index (χ3v) is 4.24. The fraction of sp³-hybridized carbons (Fsp3) is 0.833. The van der Waals surface area contributed by atoms with Crippen LogP contribution >= 0.6 is 12.2 Å². The van der Waals surface area contributed by atoms with Gasteiger partial charge in [-0.3, -0.25) is 4.90 Å². The predicted octanol–water partition coefficient (Wildman–Crippen LogP) is 2.07. The van der Waals surface area contributed by atoms with E-state index in [-0.39, 0.29) is 13.3 Å². The minimum Gasteiger partial charge on any atom is -0.388 e. The van der Waals surface area contributed by atoms with Gasteiger partial charge in [0.15, 0.2) is 10.6 Å². The first-order valence-electron chi connectivity index (χ1n) is 6.83. The highest BCUT2D eigenvalue weighted by molar-refractivity contribution is 7.71. The van der Waals surface area contributed by atoms with Crippen LogP contribution in [0, 0.1) is 10.7 Å². The molecule has 1 fully saturated rings. The molecule has 1 aliphatic rings. The second kappa shape index (κ2) is 6.45. The van der Waals surface area contributed by atoms with Gasteiger partial charge in [0, 0.05) is 13.6 Å². The summed E-state index contributed by atoms with van der Waals surface area (Å²) < 4.78 is 41.2. The summed E-state index contributed by atoms with van der Waals surface area (Å²) in [5.74, 6) is 0.665. The minimum absolute atomic E-state index is 0.0112. The predicted molar refractivity (Wildman–Crippen MR) is 72.9 cm³/mol. The maximum absolute atomic E-state index is 12.7. The van der Waals surface area contributed by atoms with E-state index in [1.54, 1.807) is 7.05 Å². The zero-order valence-electron chi connectivity index (χ0n) is 11.8. The van der Waals surface area contributed by atoms with E-state index in [0.717, 1.165) is 19.3 Å². The molecule has 2 rings (SSSR count). The van der Waals surface area contributed by atoms with Crippen LogP contribution in [0.5, 0.6) is 0 Å². The van der Waals surface area contributed by atoms with Crippen LogP contribution in [0.15, 0.2) is 0 Å². The lowest BCUT2D eigenvalue weighted by molar-refractivity contribution is -0.152. The minimum atomic E-state index is -4.25. The first kappa shape index (κ1) is 16.4. The Morgan fingerprint density at radius 2 is 2.10 bits per heavy atom. The standard InChI is InChI=1S/C12H19F3N4OS/c1-17-10(6-20)16-19(11(17)21)8-18(7-12(13,14)15)5-9-3-2-4-9/h9,20H,2-8H2,1H3. The van der Waals surface area contributed by atoms with Crippen LogP contribution in [-0.2, 0) is 20.3 Å². The highest BCUT2D eigenvalue weighted by Crippen LogP contribution is 2.28. The van der Waals surface area contributed by atoms with Crippen molar-refractivity contribution >= 4 is 12.2 Å². The topological polar surface area (TPSA) is 46.2 Å². The van der Waals surface area contributed by atoms with Gasteiger partial charge in [0.1, 0.15) is 6.61 Å². The van der Waals surface area contributed by atoms with Gasteiger partial charge in [0.05, 0.1) is 13.2 Å². The van der Waals surface area contributed by atoms with E-state index < -0.39 is 12.7 Å². The number of aromatic nitrogens is 3. The molecule has 1 aliphatic carbocycles. The summed E-state index contributed by atoms with van der Waals surface area (Å²) in [5, 5.41) is 13.2. The van der Waals surface area contributed by atoms with Crippen LogP contribution < -0.4 is 0 Å². The van der Waals surface area contributed by atoms with Crippen molar-refractivity contribution in [2.75, 3.05) is 13.1 Å². The van der Waals surface area contributed by atoms with Gasteiger partial charge in [-0.25, -0.2) is 4.68 Å². The van der Waals surface area contributed by atoms with Crippen molar-refractivity contribution in [2.24, 2.45) is 13.0 Å². The van der Waals surface area contributed by atoms with Gasteiger partial charge in [0.2, 0.25) is 0 Å². The lowest BCUT2D eigenvalue weighted by atomic mass is 9.85. The van der Waals surface area contributed by atoms with Crippen molar-refractivity contribution in [1.29, 1.82) is 0 Å². The van der Waals surface area contributed by atoms with Crippen LogP contribution in [-0.4, -0.2) is 43.6 Å². The maximum Gasteiger partial charge on any atom is 0.401 e. The highest BCUT2D eigenvalue weighted by Gasteiger charge is 2.33. The van der Waals surface area contributed by atoms with E-state index in [9.17, 15) is 13.2 Å². The number of halogens is 3. The van der Waals surface area contributed by atoms with E-state index in [1.807, 2.05) is 0 Å². The number of nitrogens with zero attached hydrogens (tertiary/aromatic N) is 4. The Morgan fingerprint density at radius 3 is 2.52 bits per heavy atom. The Kier molecular flexibility index (Phi) is 5.05. The van der Waals surface area contributed by atoms with E-state index in [4.69, 9.17) is 17.3 Å². The molecular weight excluding hydrogens is 305 g/mol. The summed E-state index contributed by atoms with van der Waals surface area (Å²) in [5.41, 5.74) is 0. The average molecular weight is 324 g/mol. The van der Waals surface area contributed by atoms with E-state index in [1.165, 1.54) is 14.1 Å². The second-order valence-electron chi connectivity index (χ2n) is 5.48.